The number of aryl methyl sites for hydroxylation is 1. The molecule has 0 bridgehead atoms. The number of hydrogen-bond donors (Lipinski definition) is 2. The summed E-state index contributed by atoms with van der Waals surface area (Å²) in [4.78, 5) is 15.0. The van der Waals surface area contributed by atoms with E-state index >= 15 is 0 Å². The van der Waals surface area contributed by atoms with Gasteiger partial charge in [0.2, 0.25) is 5.91 Å². The van der Waals surface area contributed by atoms with Gasteiger partial charge in [0.1, 0.15) is 5.75 Å². The zero-order valence-corrected chi connectivity index (χ0v) is 14.7. The van der Waals surface area contributed by atoms with Gasteiger partial charge in [0.05, 0.1) is 6.61 Å². The quantitative estimate of drug-likeness (QED) is 0.612. The minimum absolute atomic E-state index is 0.0999. The summed E-state index contributed by atoms with van der Waals surface area (Å²) in [5, 5.41) is 2.87. The maximum absolute atomic E-state index is 11.2. The lowest BCUT2D eigenvalue weighted by molar-refractivity contribution is -0.116. The van der Waals surface area contributed by atoms with Crippen LogP contribution in [0.5, 0.6) is 5.75 Å². The van der Waals surface area contributed by atoms with Gasteiger partial charge in [0.15, 0.2) is 0 Å². The molecule has 1 N–H and O–H groups in total. The van der Waals surface area contributed by atoms with Crippen molar-refractivity contribution in [1.29, 1.82) is 0 Å². The van der Waals surface area contributed by atoms with E-state index in [9.17, 15) is 4.79 Å². The zero-order chi connectivity index (χ0) is 17.0. The van der Waals surface area contributed by atoms with Crippen LogP contribution < -0.4 is 10.1 Å². The van der Waals surface area contributed by atoms with E-state index in [1.165, 1.54) is 5.56 Å². The monoisotopic (exact) mass is 344 g/mol. The Bertz CT molecular complexity index is 593. The van der Waals surface area contributed by atoms with E-state index in [1.54, 1.807) is 12.4 Å². The highest BCUT2D eigenvalue weighted by Gasteiger charge is 2.14. The molecule has 0 unspecified atom stereocenters. The maximum atomic E-state index is 11.2. The van der Waals surface area contributed by atoms with Gasteiger partial charge < -0.3 is 10.1 Å². The van der Waals surface area contributed by atoms with Crippen LogP contribution in [0.15, 0.2) is 48.8 Å². The van der Waals surface area contributed by atoms with Crippen LogP contribution in [0.4, 0.5) is 5.69 Å². The van der Waals surface area contributed by atoms with Crippen molar-refractivity contribution in [2.75, 3.05) is 17.7 Å². The normalized spacial score (nSPS) is 12.5. The summed E-state index contributed by atoms with van der Waals surface area (Å²) in [6.45, 7) is 0.749. The van der Waals surface area contributed by atoms with Crippen molar-refractivity contribution in [3.63, 3.8) is 0 Å². The number of carbonyl (C=O) groups excluding carboxylic acids is 1. The van der Waals surface area contributed by atoms with Crippen molar-refractivity contribution in [2.24, 2.45) is 0 Å². The largest absolute Gasteiger partial charge is 0.494 e. The summed E-state index contributed by atoms with van der Waals surface area (Å²) in [6.07, 6.45) is 8.23. The van der Waals surface area contributed by atoms with E-state index in [0.717, 1.165) is 49.5 Å². The first-order valence-electron chi connectivity index (χ1n) is 8.31. The van der Waals surface area contributed by atoms with E-state index in [4.69, 9.17) is 4.74 Å². The van der Waals surface area contributed by atoms with E-state index in [-0.39, 0.29) is 5.91 Å². The number of nitrogens with zero attached hydrogens (tertiary/aromatic N) is 1. The van der Waals surface area contributed by atoms with E-state index in [2.05, 4.69) is 22.9 Å². The zero-order valence-electron chi connectivity index (χ0n) is 13.8. The molecular weight excluding hydrogens is 320 g/mol. The number of fused-ring (bicyclic) bond motifs is 1. The van der Waals surface area contributed by atoms with Gasteiger partial charge in [-0.1, -0.05) is 6.07 Å². The lowest BCUT2D eigenvalue weighted by Crippen LogP contribution is -2.18. The van der Waals surface area contributed by atoms with Crippen molar-refractivity contribution in [1.82, 2.24) is 4.98 Å². The lowest BCUT2D eigenvalue weighted by atomic mass is 10.0. The molecule has 0 radical (unpaired) electrons. The fraction of sp³-hybridized carbons (Fsp3) is 0.368. The summed E-state index contributed by atoms with van der Waals surface area (Å²) in [5.74, 6) is 1.94. The highest BCUT2D eigenvalue weighted by molar-refractivity contribution is 7.80. The van der Waals surface area contributed by atoms with Gasteiger partial charge in [-0.2, -0.15) is 12.6 Å². The molecule has 2 heterocycles. The second kappa shape index (κ2) is 10.7. The van der Waals surface area contributed by atoms with Crippen LogP contribution in [0.2, 0.25) is 0 Å². The van der Waals surface area contributed by atoms with E-state index in [1.807, 2.05) is 36.4 Å². The first kappa shape index (κ1) is 18.3. The van der Waals surface area contributed by atoms with Crippen LogP contribution in [-0.2, 0) is 11.2 Å². The first-order chi connectivity index (χ1) is 11.8. The van der Waals surface area contributed by atoms with Crippen LogP contribution >= 0.6 is 12.6 Å². The highest BCUT2D eigenvalue weighted by Crippen LogP contribution is 2.26. The molecule has 4 nitrogen and oxygen atoms in total. The van der Waals surface area contributed by atoms with Crippen molar-refractivity contribution >= 4 is 24.2 Å². The Labute approximate surface area is 149 Å². The van der Waals surface area contributed by atoms with E-state index in [0.29, 0.717) is 6.42 Å². The maximum Gasteiger partial charge on any atom is 0.224 e. The predicted molar refractivity (Wildman–Crippen MR) is 101 cm³/mol. The molecule has 1 aliphatic heterocycles. The van der Waals surface area contributed by atoms with Crippen LogP contribution in [0.1, 0.15) is 31.2 Å². The average Bonchev–Trinajstić information content (AvgIpc) is 2.63. The Kier molecular flexibility index (Phi) is 8.18. The van der Waals surface area contributed by atoms with Crippen LogP contribution in [0.3, 0.4) is 0 Å². The molecule has 0 fully saturated rings. The number of anilines is 1. The lowest BCUT2D eigenvalue weighted by Gasteiger charge is -2.17. The third kappa shape index (κ3) is 6.62. The third-order valence-electron chi connectivity index (χ3n) is 3.61. The fourth-order valence-electron chi connectivity index (χ4n) is 2.34. The molecule has 3 rings (SSSR count). The second-order valence-corrected chi connectivity index (χ2v) is 5.97. The number of nitrogens with one attached hydrogen (secondary N) is 1. The molecular formula is C19H24N2O2S. The molecule has 0 atom stereocenters. The van der Waals surface area contributed by atoms with Gasteiger partial charge in [-0.25, -0.2) is 0 Å². The minimum atomic E-state index is 0.0999. The topological polar surface area (TPSA) is 51.2 Å². The molecule has 5 heteroatoms. The van der Waals surface area contributed by atoms with Crippen LogP contribution in [-0.4, -0.2) is 23.3 Å². The van der Waals surface area contributed by atoms with E-state index < -0.39 is 0 Å². The Morgan fingerprint density at radius 1 is 1.08 bits per heavy atom. The minimum Gasteiger partial charge on any atom is -0.494 e. The Morgan fingerprint density at radius 3 is 2.58 bits per heavy atom. The molecule has 128 valence electrons. The number of pyridine rings is 1. The van der Waals surface area contributed by atoms with Crippen molar-refractivity contribution in [3.8, 4) is 5.75 Å². The van der Waals surface area contributed by atoms with Crippen molar-refractivity contribution in [3.05, 3.63) is 54.4 Å². The summed E-state index contributed by atoms with van der Waals surface area (Å²) in [7, 11) is 0. The Morgan fingerprint density at radius 2 is 1.92 bits per heavy atom. The number of hydrogen-bond acceptors (Lipinski definition) is 4. The van der Waals surface area contributed by atoms with Crippen LogP contribution in [0.25, 0.3) is 0 Å². The SMILES string of the molecule is O=C1CCc2cc(OCCCCCS)ccc2N1.c1ccncc1. The molecule has 24 heavy (non-hydrogen) atoms. The Balaban J connectivity index is 0.000000292. The van der Waals surface area contributed by atoms with Gasteiger partial charge in [0, 0.05) is 24.5 Å². The fourth-order valence-corrected chi connectivity index (χ4v) is 2.57. The number of aromatic nitrogens is 1. The molecule has 0 saturated carbocycles. The number of thiol groups is 1. The smallest absolute Gasteiger partial charge is 0.224 e. The molecule has 1 aliphatic rings. The third-order valence-corrected chi connectivity index (χ3v) is 3.93. The molecule has 2 aromatic rings. The number of unbranched alkanes of at least 4 members (excludes halogenated alkanes) is 2. The average molecular weight is 344 g/mol. The molecule has 0 saturated heterocycles. The van der Waals surface area contributed by atoms with Gasteiger partial charge in [-0.15, -0.1) is 0 Å². The summed E-state index contributed by atoms with van der Waals surface area (Å²) in [6, 6.07) is 11.6. The first-order valence-corrected chi connectivity index (χ1v) is 8.94. The molecule has 1 aromatic carbocycles. The summed E-state index contributed by atoms with van der Waals surface area (Å²) < 4.78 is 5.71. The van der Waals surface area contributed by atoms with Crippen molar-refractivity contribution < 1.29 is 9.53 Å². The van der Waals surface area contributed by atoms with Gasteiger partial charge in [-0.3, -0.25) is 9.78 Å². The number of ether oxygens (including phenoxy) is 1. The number of benzene rings is 1. The van der Waals surface area contributed by atoms with Gasteiger partial charge in [0.25, 0.3) is 0 Å². The molecule has 0 spiro atoms. The standard InChI is InChI=1S/C14H19NO2S.C5H5N/c16-14-7-4-11-10-12(5-6-13(11)15-14)17-8-2-1-3-9-18;1-2-4-6-5-3-1/h5-6,10,18H,1-4,7-9H2,(H,15,16);1-5H. The predicted octanol–water partition coefficient (Wildman–Crippen LogP) is 4.13. The van der Waals surface area contributed by atoms with Crippen molar-refractivity contribution in [2.45, 2.75) is 32.1 Å². The summed E-state index contributed by atoms with van der Waals surface area (Å²) >= 11 is 4.18. The molecule has 0 aliphatic carbocycles. The second-order valence-electron chi connectivity index (χ2n) is 5.52. The van der Waals surface area contributed by atoms with Crippen LogP contribution in [0, 0.1) is 0 Å². The van der Waals surface area contributed by atoms with Gasteiger partial charge in [-0.05, 0) is 67.3 Å². The number of carbonyl (C=O) groups is 1. The Hall–Kier alpha value is -2.01. The van der Waals surface area contributed by atoms with Gasteiger partial charge >= 0.3 is 0 Å². The molecule has 1 amide bonds. The highest BCUT2D eigenvalue weighted by atomic mass is 32.1. The molecule has 1 aromatic heterocycles. The summed E-state index contributed by atoms with van der Waals surface area (Å²) in [5.41, 5.74) is 2.09. The number of amides is 1. The number of rotatable bonds is 6.